The number of nitrogens with one attached hydrogen (secondary N) is 1. The Morgan fingerprint density at radius 1 is 1.69 bits per heavy atom. The molecule has 6 heteroatoms. The fourth-order valence-electron chi connectivity index (χ4n) is 1.70. The van der Waals surface area contributed by atoms with E-state index in [1.54, 1.807) is 6.08 Å². The second-order valence-electron chi connectivity index (χ2n) is 3.53. The Balaban J connectivity index is 2.27. The van der Waals surface area contributed by atoms with Gasteiger partial charge in [0.1, 0.15) is 18.2 Å². The lowest BCUT2D eigenvalue weighted by atomic mass is 10.1. The molecule has 0 spiro atoms. The molecule has 82 valence electrons. The Labute approximate surface area is 92.2 Å². The molecular weight excluding hydrogens is 208 g/mol. The topological polar surface area (TPSA) is 85.6 Å². The predicted molar refractivity (Wildman–Crippen MR) is 55.7 cm³/mol. The number of amidine groups is 1. The minimum absolute atomic E-state index is 0.289. The molecule has 0 radical (unpaired) electrons. The number of nitrogens with zero attached hydrogens (tertiary/aromatic N) is 3. The molecule has 0 aliphatic carbocycles. The second-order valence-corrected chi connectivity index (χ2v) is 3.53. The minimum atomic E-state index is -0.527. The van der Waals surface area contributed by atoms with Crippen LogP contribution in [0.25, 0.3) is 0 Å². The van der Waals surface area contributed by atoms with E-state index in [-0.39, 0.29) is 12.6 Å². The summed E-state index contributed by atoms with van der Waals surface area (Å²) >= 11 is 0. The van der Waals surface area contributed by atoms with E-state index in [2.05, 4.69) is 10.3 Å². The zero-order chi connectivity index (χ0) is 11.5. The Bertz CT molecular complexity index is 433. The van der Waals surface area contributed by atoms with Crippen molar-refractivity contribution in [3.63, 3.8) is 0 Å². The van der Waals surface area contributed by atoms with Gasteiger partial charge in [0.05, 0.1) is 6.07 Å². The van der Waals surface area contributed by atoms with Crippen LogP contribution in [-0.2, 0) is 4.79 Å². The average Bonchev–Trinajstić information content (AvgIpc) is 2.70. The lowest BCUT2D eigenvalue weighted by Gasteiger charge is -2.20. The molecule has 0 saturated carbocycles. The molecule has 2 amide bonds. The highest BCUT2D eigenvalue weighted by Crippen LogP contribution is 2.14. The van der Waals surface area contributed by atoms with Crippen molar-refractivity contribution in [3.05, 3.63) is 11.6 Å². The lowest BCUT2D eigenvalue weighted by Crippen LogP contribution is -2.40. The SMILES string of the molecule is N#CC1=CC(N2C(=O)NC[C@H]2C=O)=NCC1. The molecule has 0 unspecified atom stereocenters. The number of hydrogen-bond acceptors (Lipinski definition) is 4. The average molecular weight is 218 g/mol. The zero-order valence-electron chi connectivity index (χ0n) is 8.51. The van der Waals surface area contributed by atoms with Crippen LogP contribution >= 0.6 is 0 Å². The Kier molecular flexibility index (Phi) is 2.68. The highest BCUT2D eigenvalue weighted by molar-refractivity contribution is 6.07. The number of aliphatic imine (C=N–C) groups is 1. The smallest absolute Gasteiger partial charge is 0.323 e. The maximum Gasteiger partial charge on any atom is 0.323 e. The normalized spacial score (nSPS) is 24.3. The molecule has 0 aromatic rings. The molecule has 1 fully saturated rings. The maximum atomic E-state index is 11.5. The number of aldehydes is 1. The van der Waals surface area contributed by atoms with Crippen molar-refractivity contribution in [1.82, 2.24) is 10.2 Å². The molecule has 1 N–H and O–H groups in total. The number of urea groups is 1. The Morgan fingerprint density at radius 2 is 2.50 bits per heavy atom. The van der Waals surface area contributed by atoms with E-state index in [4.69, 9.17) is 5.26 Å². The number of dihydropyridines is 1. The van der Waals surface area contributed by atoms with Gasteiger partial charge >= 0.3 is 6.03 Å². The van der Waals surface area contributed by atoms with E-state index in [9.17, 15) is 9.59 Å². The molecule has 2 aliphatic heterocycles. The van der Waals surface area contributed by atoms with E-state index >= 15 is 0 Å². The first kappa shape index (κ1) is 10.4. The van der Waals surface area contributed by atoms with Gasteiger partial charge in [-0.3, -0.25) is 9.89 Å². The summed E-state index contributed by atoms with van der Waals surface area (Å²) in [5, 5.41) is 11.3. The largest absolute Gasteiger partial charge is 0.335 e. The number of carbonyl (C=O) groups is 2. The van der Waals surface area contributed by atoms with Gasteiger partial charge in [-0.15, -0.1) is 0 Å². The van der Waals surface area contributed by atoms with Gasteiger partial charge in [-0.05, 0) is 6.08 Å². The van der Waals surface area contributed by atoms with Gasteiger partial charge in [0.15, 0.2) is 0 Å². The van der Waals surface area contributed by atoms with Crippen molar-refractivity contribution < 1.29 is 9.59 Å². The van der Waals surface area contributed by atoms with Gasteiger partial charge < -0.3 is 10.1 Å². The first-order valence-electron chi connectivity index (χ1n) is 4.93. The Morgan fingerprint density at radius 3 is 3.19 bits per heavy atom. The number of nitriles is 1. The van der Waals surface area contributed by atoms with Crippen LogP contribution in [0.5, 0.6) is 0 Å². The van der Waals surface area contributed by atoms with E-state index in [1.165, 1.54) is 4.90 Å². The van der Waals surface area contributed by atoms with Crippen molar-refractivity contribution in [2.24, 2.45) is 4.99 Å². The summed E-state index contributed by atoms with van der Waals surface area (Å²) in [6.45, 7) is 0.765. The molecule has 1 atom stereocenters. The van der Waals surface area contributed by atoms with Crippen molar-refractivity contribution in [2.75, 3.05) is 13.1 Å². The first-order valence-corrected chi connectivity index (χ1v) is 4.93. The lowest BCUT2D eigenvalue weighted by molar-refractivity contribution is -0.110. The van der Waals surface area contributed by atoms with Crippen LogP contribution in [0.3, 0.4) is 0 Å². The molecular formula is C10H10N4O2. The van der Waals surface area contributed by atoms with Crippen molar-refractivity contribution >= 4 is 18.2 Å². The van der Waals surface area contributed by atoms with Crippen molar-refractivity contribution in [1.29, 1.82) is 5.26 Å². The quantitative estimate of drug-likeness (QED) is 0.620. The predicted octanol–water partition coefficient (Wildman–Crippen LogP) is -0.169. The van der Waals surface area contributed by atoms with Crippen LogP contribution < -0.4 is 5.32 Å². The minimum Gasteiger partial charge on any atom is -0.335 e. The van der Waals surface area contributed by atoms with Gasteiger partial charge in [0.25, 0.3) is 0 Å². The van der Waals surface area contributed by atoms with Gasteiger partial charge in [-0.25, -0.2) is 4.79 Å². The number of hydrogen-bond donors (Lipinski definition) is 1. The van der Waals surface area contributed by atoms with Crippen LogP contribution in [0.4, 0.5) is 4.79 Å². The first-order chi connectivity index (χ1) is 7.76. The molecule has 6 nitrogen and oxygen atoms in total. The van der Waals surface area contributed by atoms with Gasteiger partial charge in [0.2, 0.25) is 0 Å². The summed E-state index contributed by atoms with van der Waals surface area (Å²) in [7, 11) is 0. The fourth-order valence-corrected chi connectivity index (χ4v) is 1.70. The summed E-state index contributed by atoms with van der Waals surface area (Å²) in [4.78, 5) is 27.7. The molecule has 1 saturated heterocycles. The highest BCUT2D eigenvalue weighted by Gasteiger charge is 2.33. The van der Waals surface area contributed by atoms with Crippen molar-refractivity contribution in [2.45, 2.75) is 12.5 Å². The standard InChI is InChI=1S/C10H10N4O2/c11-4-7-1-2-12-9(3-7)14-8(6-15)5-13-10(14)16/h3,6,8H,1-2,5H2,(H,13,16)/t8-/m0/s1. The monoisotopic (exact) mass is 218 g/mol. The molecule has 2 aliphatic rings. The van der Waals surface area contributed by atoms with Crippen LogP contribution in [0.1, 0.15) is 6.42 Å². The molecule has 16 heavy (non-hydrogen) atoms. The summed E-state index contributed by atoms with van der Waals surface area (Å²) in [5.74, 6) is 0.398. The van der Waals surface area contributed by atoms with E-state index in [0.29, 0.717) is 30.7 Å². The van der Waals surface area contributed by atoms with Gasteiger partial charge in [-0.1, -0.05) is 0 Å². The summed E-state index contributed by atoms with van der Waals surface area (Å²) in [6.07, 6.45) is 2.85. The second kappa shape index (κ2) is 4.14. The van der Waals surface area contributed by atoms with E-state index in [0.717, 1.165) is 0 Å². The van der Waals surface area contributed by atoms with Crippen LogP contribution in [0.2, 0.25) is 0 Å². The molecule has 0 aromatic heterocycles. The van der Waals surface area contributed by atoms with Gasteiger partial charge in [0, 0.05) is 25.1 Å². The van der Waals surface area contributed by atoms with Crippen LogP contribution in [0, 0.1) is 11.3 Å². The Hall–Kier alpha value is -2.16. The van der Waals surface area contributed by atoms with Crippen molar-refractivity contribution in [3.8, 4) is 6.07 Å². The van der Waals surface area contributed by atoms with E-state index in [1.807, 2.05) is 6.07 Å². The fraction of sp³-hybridized carbons (Fsp3) is 0.400. The number of carbonyl (C=O) groups excluding carboxylic acids is 2. The molecule has 0 aromatic carbocycles. The zero-order valence-corrected chi connectivity index (χ0v) is 8.51. The van der Waals surface area contributed by atoms with Gasteiger partial charge in [-0.2, -0.15) is 5.26 Å². The summed E-state index contributed by atoms with van der Waals surface area (Å²) in [6, 6.07) is 1.17. The molecule has 2 heterocycles. The molecule has 2 rings (SSSR count). The highest BCUT2D eigenvalue weighted by atomic mass is 16.2. The van der Waals surface area contributed by atoms with Crippen LogP contribution in [0.15, 0.2) is 16.6 Å². The third kappa shape index (κ3) is 1.67. The number of amides is 2. The summed E-state index contributed by atoms with van der Waals surface area (Å²) < 4.78 is 0. The maximum absolute atomic E-state index is 11.5. The molecule has 0 bridgehead atoms. The van der Waals surface area contributed by atoms with Crippen LogP contribution in [-0.4, -0.2) is 42.2 Å². The summed E-state index contributed by atoms with van der Waals surface area (Å²) in [5.41, 5.74) is 0.578. The third-order valence-corrected chi connectivity index (χ3v) is 2.52. The third-order valence-electron chi connectivity index (χ3n) is 2.52. The number of rotatable bonds is 1. The van der Waals surface area contributed by atoms with E-state index < -0.39 is 6.04 Å².